The largest absolute Gasteiger partial charge is 0.339 e. The maximum absolute atomic E-state index is 12.3. The number of hydrogen-bond donors (Lipinski definition) is 1. The molecule has 1 aromatic rings. The molecule has 1 aromatic carbocycles. The number of hydrogen-bond acceptors (Lipinski definition) is 2. The maximum Gasteiger partial charge on any atom is 0.222 e. The summed E-state index contributed by atoms with van der Waals surface area (Å²) in [4.78, 5) is 14.4. The lowest BCUT2D eigenvalue weighted by atomic mass is 9.87. The van der Waals surface area contributed by atoms with E-state index in [0.29, 0.717) is 24.9 Å². The predicted molar refractivity (Wildman–Crippen MR) is 82.5 cm³/mol. The molecule has 2 unspecified atom stereocenters. The van der Waals surface area contributed by atoms with Crippen molar-refractivity contribution in [3.8, 4) is 0 Å². The topological polar surface area (TPSA) is 46.3 Å². The zero-order valence-electron chi connectivity index (χ0n) is 12.4. The van der Waals surface area contributed by atoms with Crippen molar-refractivity contribution in [3.05, 3.63) is 35.9 Å². The average molecular weight is 274 g/mol. The molecule has 2 N–H and O–H groups in total. The van der Waals surface area contributed by atoms with Gasteiger partial charge in [-0.1, -0.05) is 37.3 Å². The van der Waals surface area contributed by atoms with Gasteiger partial charge in [-0.3, -0.25) is 4.79 Å². The third kappa shape index (κ3) is 3.40. The Morgan fingerprint density at radius 2 is 2.15 bits per heavy atom. The lowest BCUT2D eigenvalue weighted by Crippen LogP contribution is -2.39. The number of rotatable bonds is 6. The van der Waals surface area contributed by atoms with Gasteiger partial charge >= 0.3 is 0 Å². The Hall–Kier alpha value is -1.35. The Balaban J connectivity index is 2.10. The van der Waals surface area contributed by atoms with Gasteiger partial charge in [-0.15, -0.1) is 0 Å². The van der Waals surface area contributed by atoms with Gasteiger partial charge in [0, 0.05) is 24.9 Å². The number of nitrogens with two attached hydrogens (primary N) is 1. The molecule has 0 aromatic heterocycles. The van der Waals surface area contributed by atoms with E-state index in [1.165, 1.54) is 5.56 Å². The molecule has 1 fully saturated rings. The number of nitrogens with zero attached hydrogens (tertiary/aromatic N) is 1. The SMILES string of the molecule is CCC(c1ccccc1)C1CCCN1C(=O)CCCN. The first kappa shape index (κ1) is 15.0. The van der Waals surface area contributed by atoms with E-state index in [2.05, 4.69) is 42.2 Å². The standard InChI is InChI=1S/C17H26N2O/c1-2-15(14-8-4-3-5-9-14)16-10-7-13-19(16)17(20)11-6-12-18/h3-5,8-9,15-16H,2,6-7,10-13,18H2,1H3. The Morgan fingerprint density at radius 1 is 1.40 bits per heavy atom. The van der Waals surface area contributed by atoms with Crippen molar-refractivity contribution in [2.24, 2.45) is 5.73 Å². The van der Waals surface area contributed by atoms with Crippen LogP contribution in [0.3, 0.4) is 0 Å². The molecule has 2 rings (SSSR count). The minimum Gasteiger partial charge on any atom is -0.339 e. The van der Waals surface area contributed by atoms with E-state index in [0.717, 1.165) is 32.2 Å². The zero-order valence-corrected chi connectivity index (χ0v) is 12.4. The van der Waals surface area contributed by atoms with Crippen LogP contribution in [0.2, 0.25) is 0 Å². The van der Waals surface area contributed by atoms with E-state index in [9.17, 15) is 4.79 Å². The molecule has 1 amide bonds. The van der Waals surface area contributed by atoms with Crippen molar-refractivity contribution in [1.82, 2.24) is 4.90 Å². The summed E-state index contributed by atoms with van der Waals surface area (Å²) >= 11 is 0. The highest BCUT2D eigenvalue weighted by atomic mass is 16.2. The molecule has 20 heavy (non-hydrogen) atoms. The average Bonchev–Trinajstić information content (AvgIpc) is 2.96. The zero-order chi connectivity index (χ0) is 14.4. The van der Waals surface area contributed by atoms with Crippen molar-refractivity contribution in [2.75, 3.05) is 13.1 Å². The second-order valence-electron chi connectivity index (χ2n) is 5.61. The van der Waals surface area contributed by atoms with Crippen LogP contribution in [-0.2, 0) is 4.79 Å². The van der Waals surface area contributed by atoms with Crippen molar-refractivity contribution in [2.45, 2.75) is 51.0 Å². The summed E-state index contributed by atoms with van der Waals surface area (Å²) in [7, 11) is 0. The second-order valence-corrected chi connectivity index (χ2v) is 5.61. The molecule has 1 aliphatic heterocycles. The first-order valence-corrected chi connectivity index (χ1v) is 7.82. The first-order chi connectivity index (χ1) is 9.77. The Kier molecular flexibility index (Phi) is 5.60. The smallest absolute Gasteiger partial charge is 0.222 e. The van der Waals surface area contributed by atoms with E-state index in [4.69, 9.17) is 5.73 Å². The first-order valence-electron chi connectivity index (χ1n) is 7.82. The van der Waals surface area contributed by atoms with Gasteiger partial charge in [0.2, 0.25) is 5.91 Å². The van der Waals surface area contributed by atoms with E-state index in [1.807, 2.05) is 0 Å². The molecule has 0 saturated carbocycles. The van der Waals surface area contributed by atoms with Crippen LogP contribution >= 0.6 is 0 Å². The summed E-state index contributed by atoms with van der Waals surface area (Å²) in [5.74, 6) is 0.743. The highest BCUT2D eigenvalue weighted by Crippen LogP contribution is 2.33. The number of carbonyl (C=O) groups is 1. The van der Waals surface area contributed by atoms with Gasteiger partial charge in [0.05, 0.1) is 0 Å². The summed E-state index contributed by atoms with van der Waals surface area (Å²) in [5, 5.41) is 0. The van der Waals surface area contributed by atoms with E-state index in [-0.39, 0.29) is 5.91 Å². The minimum atomic E-state index is 0.285. The van der Waals surface area contributed by atoms with Crippen molar-refractivity contribution >= 4 is 5.91 Å². The highest BCUT2D eigenvalue weighted by molar-refractivity contribution is 5.77. The summed E-state index contributed by atoms with van der Waals surface area (Å²) in [6.45, 7) is 3.73. The fraction of sp³-hybridized carbons (Fsp3) is 0.588. The molecule has 0 bridgehead atoms. The van der Waals surface area contributed by atoms with Crippen LogP contribution in [0, 0.1) is 0 Å². The number of amides is 1. The molecule has 1 saturated heterocycles. The normalized spacial score (nSPS) is 20.1. The summed E-state index contributed by atoms with van der Waals surface area (Å²) < 4.78 is 0. The van der Waals surface area contributed by atoms with Gasteiger partial charge in [0.25, 0.3) is 0 Å². The maximum atomic E-state index is 12.3. The lowest BCUT2D eigenvalue weighted by Gasteiger charge is -2.31. The van der Waals surface area contributed by atoms with Crippen LogP contribution in [0.25, 0.3) is 0 Å². The molecule has 0 radical (unpaired) electrons. The Morgan fingerprint density at radius 3 is 2.80 bits per heavy atom. The van der Waals surface area contributed by atoms with Crippen LogP contribution in [0.5, 0.6) is 0 Å². The van der Waals surface area contributed by atoms with Gasteiger partial charge < -0.3 is 10.6 Å². The lowest BCUT2D eigenvalue weighted by molar-refractivity contribution is -0.132. The second kappa shape index (κ2) is 7.44. The van der Waals surface area contributed by atoms with Crippen molar-refractivity contribution in [1.29, 1.82) is 0 Å². The van der Waals surface area contributed by atoms with Crippen molar-refractivity contribution < 1.29 is 4.79 Å². The van der Waals surface area contributed by atoms with Crippen LogP contribution in [-0.4, -0.2) is 29.9 Å². The minimum absolute atomic E-state index is 0.285. The molecular formula is C17H26N2O. The van der Waals surface area contributed by atoms with E-state index >= 15 is 0 Å². The molecule has 0 aliphatic carbocycles. The molecule has 0 spiro atoms. The monoisotopic (exact) mass is 274 g/mol. The van der Waals surface area contributed by atoms with Crippen LogP contribution in [0.1, 0.15) is 50.5 Å². The molecule has 2 atom stereocenters. The summed E-state index contributed by atoms with van der Waals surface area (Å²) in [5.41, 5.74) is 6.88. The third-order valence-electron chi connectivity index (χ3n) is 4.35. The highest BCUT2D eigenvalue weighted by Gasteiger charge is 2.34. The third-order valence-corrected chi connectivity index (χ3v) is 4.35. The molecule has 3 nitrogen and oxygen atoms in total. The summed E-state index contributed by atoms with van der Waals surface area (Å²) in [6.07, 6.45) is 4.72. The fourth-order valence-electron chi connectivity index (χ4n) is 3.35. The van der Waals surface area contributed by atoms with Gasteiger partial charge in [-0.25, -0.2) is 0 Å². The van der Waals surface area contributed by atoms with Crippen LogP contribution in [0.4, 0.5) is 0 Å². The molecule has 3 heteroatoms. The molecule has 110 valence electrons. The van der Waals surface area contributed by atoms with Gasteiger partial charge in [0.1, 0.15) is 0 Å². The van der Waals surface area contributed by atoms with Crippen LogP contribution in [0.15, 0.2) is 30.3 Å². The Bertz CT molecular complexity index is 418. The predicted octanol–water partition coefficient (Wildman–Crippen LogP) is 2.91. The molecule has 1 aliphatic rings. The number of carbonyl (C=O) groups excluding carboxylic acids is 1. The fourth-order valence-corrected chi connectivity index (χ4v) is 3.35. The van der Waals surface area contributed by atoms with Gasteiger partial charge in [-0.2, -0.15) is 0 Å². The van der Waals surface area contributed by atoms with E-state index in [1.54, 1.807) is 0 Å². The summed E-state index contributed by atoms with van der Waals surface area (Å²) in [6, 6.07) is 11.0. The van der Waals surface area contributed by atoms with Crippen molar-refractivity contribution in [3.63, 3.8) is 0 Å². The number of benzene rings is 1. The molecule has 1 heterocycles. The number of likely N-dealkylation sites (tertiary alicyclic amines) is 1. The van der Waals surface area contributed by atoms with E-state index < -0.39 is 0 Å². The molecular weight excluding hydrogens is 248 g/mol. The van der Waals surface area contributed by atoms with Crippen LogP contribution < -0.4 is 5.73 Å². The Labute approximate surface area is 122 Å². The van der Waals surface area contributed by atoms with Gasteiger partial charge in [0.15, 0.2) is 0 Å². The quantitative estimate of drug-likeness (QED) is 0.867. The van der Waals surface area contributed by atoms with Gasteiger partial charge in [-0.05, 0) is 37.8 Å².